The molecular weight excluding hydrogens is 462 g/mol. The Kier molecular flexibility index (Phi) is 5.19. The predicted molar refractivity (Wildman–Crippen MR) is 145 cm³/mol. The molecule has 2 aliphatic heterocycles. The third-order valence-corrected chi connectivity index (χ3v) is 8.88. The molecule has 1 aromatic heterocycles. The molecule has 37 heavy (non-hydrogen) atoms. The van der Waals surface area contributed by atoms with Crippen LogP contribution in [-0.2, 0) is 4.74 Å². The van der Waals surface area contributed by atoms with Crippen molar-refractivity contribution in [1.29, 1.82) is 0 Å². The first-order chi connectivity index (χ1) is 17.9. The van der Waals surface area contributed by atoms with Crippen LogP contribution in [0.5, 0.6) is 5.75 Å². The average Bonchev–Trinajstić information content (AvgIpc) is 2.91. The van der Waals surface area contributed by atoms with Crippen LogP contribution >= 0.6 is 0 Å². The topological polar surface area (TPSA) is 64.6 Å². The number of benzene rings is 3. The Morgan fingerprint density at radius 1 is 0.973 bits per heavy atom. The molecule has 0 bridgehead atoms. The van der Waals surface area contributed by atoms with Crippen LogP contribution in [-0.4, -0.2) is 52.7 Å². The molecule has 1 aliphatic carbocycles. The van der Waals surface area contributed by atoms with Crippen LogP contribution in [0, 0.1) is 11.8 Å². The fraction of sp³-hybridized carbons (Fsp3) is 0.452. The van der Waals surface area contributed by atoms with Gasteiger partial charge in [0.2, 0.25) is 0 Å². The maximum atomic E-state index is 13.2. The molecule has 0 N–H and O–H groups in total. The largest absolute Gasteiger partial charge is 0.487 e. The van der Waals surface area contributed by atoms with Crippen molar-refractivity contribution in [3.63, 3.8) is 0 Å². The normalized spacial score (nSPS) is 25.1. The molecule has 0 spiro atoms. The molecule has 4 aromatic rings. The van der Waals surface area contributed by atoms with Gasteiger partial charge in [-0.1, -0.05) is 37.6 Å². The van der Waals surface area contributed by atoms with Gasteiger partial charge in [0.15, 0.2) is 0 Å². The SMILES string of the molecule is CC1CCC2C(C1)c1c(c3ccccc3c3nc4cc(C(=O)N5CCOCC5)ccc4nc13)OC2(C)C. The van der Waals surface area contributed by atoms with Crippen LogP contribution in [0.2, 0.25) is 0 Å². The van der Waals surface area contributed by atoms with Crippen LogP contribution in [0.25, 0.3) is 32.8 Å². The minimum absolute atomic E-state index is 0.0251. The van der Waals surface area contributed by atoms with Crippen LogP contribution in [0.1, 0.15) is 61.9 Å². The predicted octanol–water partition coefficient (Wildman–Crippen LogP) is 6.10. The average molecular weight is 496 g/mol. The van der Waals surface area contributed by atoms with Crippen molar-refractivity contribution in [3.05, 3.63) is 53.6 Å². The summed E-state index contributed by atoms with van der Waals surface area (Å²) in [6.07, 6.45) is 3.55. The second-order valence-electron chi connectivity index (χ2n) is 11.7. The summed E-state index contributed by atoms with van der Waals surface area (Å²) < 4.78 is 12.3. The summed E-state index contributed by atoms with van der Waals surface area (Å²) in [7, 11) is 0. The Morgan fingerprint density at radius 2 is 1.73 bits per heavy atom. The number of hydrogen-bond donors (Lipinski definition) is 0. The summed E-state index contributed by atoms with van der Waals surface area (Å²) >= 11 is 0. The number of rotatable bonds is 1. The molecule has 3 unspecified atom stereocenters. The number of carbonyl (C=O) groups excluding carboxylic acids is 1. The van der Waals surface area contributed by atoms with Gasteiger partial charge in [-0.05, 0) is 56.7 Å². The first kappa shape index (κ1) is 22.9. The Labute approximate surface area is 217 Å². The quantitative estimate of drug-likeness (QED) is 0.236. The van der Waals surface area contributed by atoms with E-state index in [9.17, 15) is 4.79 Å². The Hall–Kier alpha value is -3.25. The first-order valence-electron chi connectivity index (χ1n) is 13.6. The molecule has 0 radical (unpaired) electrons. The lowest BCUT2D eigenvalue weighted by atomic mass is 9.64. The zero-order chi connectivity index (χ0) is 25.3. The van der Waals surface area contributed by atoms with E-state index in [4.69, 9.17) is 19.4 Å². The van der Waals surface area contributed by atoms with Crippen molar-refractivity contribution < 1.29 is 14.3 Å². The lowest BCUT2D eigenvalue weighted by Gasteiger charge is -2.49. The number of aromatic nitrogens is 2. The fourth-order valence-corrected chi connectivity index (χ4v) is 6.98. The monoisotopic (exact) mass is 495 g/mol. The van der Waals surface area contributed by atoms with Crippen molar-refractivity contribution in [3.8, 4) is 5.75 Å². The molecule has 3 aromatic carbocycles. The van der Waals surface area contributed by atoms with Gasteiger partial charge in [-0.25, -0.2) is 9.97 Å². The van der Waals surface area contributed by atoms with E-state index in [1.54, 1.807) is 0 Å². The van der Waals surface area contributed by atoms with Crippen LogP contribution < -0.4 is 4.74 Å². The molecular formula is C31H33N3O3. The molecule has 2 fully saturated rings. The summed E-state index contributed by atoms with van der Waals surface area (Å²) in [6, 6.07) is 14.1. The van der Waals surface area contributed by atoms with E-state index in [1.165, 1.54) is 18.4 Å². The maximum absolute atomic E-state index is 13.2. The number of amides is 1. The Morgan fingerprint density at radius 3 is 2.54 bits per heavy atom. The molecule has 1 saturated heterocycles. The number of ether oxygens (including phenoxy) is 2. The Balaban J connectivity index is 1.46. The second kappa shape index (κ2) is 8.38. The van der Waals surface area contributed by atoms with Gasteiger partial charge in [0.05, 0.1) is 35.3 Å². The van der Waals surface area contributed by atoms with Crippen LogP contribution in [0.3, 0.4) is 0 Å². The van der Waals surface area contributed by atoms with E-state index < -0.39 is 0 Å². The lowest BCUT2D eigenvalue weighted by Crippen LogP contribution is -2.46. The third-order valence-electron chi connectivity index (χ3n) is 8.88. The standard InChI is InChI=1S/C31H33N3O3/c1-18-8-10-23-22(16-18)26-28-27(20-6-4-5-7-21(20)29(26)37-31(23,2)3)33-25-17-19(9-11-24(25)32-28)30(35)34-12-14-36-15-13-34/h4-7,9,11,17-18,22-23H,8,10,12-16H2,1-3H3. The van der Waals surface area contributed by atoms with Gasteiger partial charge in [-0.15, -0.1) is 0 Å². The maximum Gasteiger partial charge on any atom is 0.254 e. The highest BCUT2D eigenvalue weighted by Gasteiger charge is 2.47. The molecule has 1 amide bonds. The van der Waals surface area contributed by atoms with Gasteiger partial charge in [-0.3, -0.25) is 4.79 Å². The smallest absolute Gasteiger partial charge is 0.254 e. The molecule has 3 atom stereocenters. The van der Waals surface area contributed by atoms with E-state index >= 15 is 0 Å². The molecule has 3 aliphatic rings. The number of fused-ring (bicyclic) bond motifs is 9. The van der Waals surface area contributed by atoms with E-state index in [2.05, 4.69) is 45.0 Å². The Bertz CT molecular complexity index is 1560. The molecule has 3 heterocycles. The van der Waals surface area contributed by atoms with Crippen LogP contribution in [0.4, 0.5) is 0 Å². The third kappa shape index (κ3) is 3.60. The number of carbonyl (C=O) groups is 1. The zero-order valence-electron chi connectivity index (χ0n) is 21.8. The number of morpholine rings is 1. The summed E-state index contributed by atoms with van der Waals surface area (Å²) in [5, 5.41) is 2.15. The van der Waals surface area contributed by atoms with E-state index in [0.29, 0.717) is 49.6 Å². The summed E-state index contributed by atoms with van der Waals surface area (Å²) in [5.41, 5.74) is 5.07. The fourth-order valence-electron chi connectivity index (χ4n) is 6.98. The highest BCUT2D eigenvalue weighted by molar-refractivity contribution is 6.11. The van der Waals surface area contributed by atoms with Crippen molar-refractivity contribution in [2.24, 2.45) is 11.8 Å². The van der Waals surface area contributed by atoms with E-state index in [-0.39, 0.29) is 11.5 Å². The highest BCUT2D eigenvalue weighted by atomic mass is 16.5. The van der Waals surface area contributed by atoms with E-state index in [1.807, 2.05) is 23.1 Å². The minimum atomic E-state index is -0.229. The molecule has 6 nitrogen and oxygen atoms in total. The van der Waals surface area contributed by atoms with Gasteiger partial charge in [0, 0.05) is 40.9 Å². The van der Waals surface area contributed by atoms with E-state index in [0.717, 1.165) is 45.0 Å². The zero-order valence-corrected chi connectivity index (χ0v) is 21.8. The molecule has 6 heteroatoms. The minimum Gasteiger partial charge on any atom is -0.487 e. The van der Waals surface area contributed by atoms with Gasteiger partial charge in [0.1, 0.15) is 11.4 Å². The van der Waals surface area contributed by atoms with Crippen molar-refractivity contribution >= 4 is 38.7 Å². The summed E-state index contributed by atoms with van der Waals surface area (Å²) in [4.78, 5) is 25.4. The molecule has 1 saturated carbocycles. The second-order valence-corrected chi connectivity index (χ2v) is 11.7. The van der Waals surface area contributed by atoms with Crippen molar-refractivity contribution in [1.82, 2.24) is 14.9 Å². The van der Waals surface area contributed by atoms with Crippen LogP contribution in [0.15, 0.2) is 42.5 Å². The first-order valence-corrected chi connectivity index (χ1v) is 13.6. The summed E-state index contributed by atoms with van der Waals surface area (Å²) in [5.74, 6) is 2.52. The van der Waals surface area contributed by atoms with Crippen molar-refractivity contribution in [2.45, 2.75) is 51.6 Å². The highest BCUT2D eigenvalue weighted by Crippen LogP contribution is 2.56. The van der Waals surface area contributed by atoms with Gasteiger partial charge in [0.25, 0.3) is 5.91 Å². The molecule has 190 valence electrons. The van der Waals surface area contributed by atoms with Gasteiger partial charge in [-0.2, -0.15) is 0 Å². The molecule has 7 rings (SSSR count). The van der Waals surface area contributed by atoms with Gasteiger partial charge >= 0.3 is 0 Å². The number of nitrogens with zero attached hydrogens (tertiary/aromatic N) is 3. The lowest BCUT2D eigenvalue weighted by molar-refractivity contribution is -0.0115. The van der Waals surface area contributed by atoms with Crippen molar-refractivity contribution in [2.75, 3.05) is 26.3 Å². The van der Waals surface area contributed by atoms with Gasteiger partial charge < -0.3 is 14.4 Å². The summed E-state index contributed by atoms with van der Waals surface area (Å²) in [6.45, 7) is 9.28. The number of hydrogen-bond acceptors (Lipinski definition) is 5.